The first-order chi connectivity index (χ1) is 7.14. The molecule has 1 aliphatic heterocycles. The van der Waals surface area contributed by atoms with E-state index in [1.807, 2.05) is 0 Å². The maximum atomic E-state index is 3.78. The van der Waals surface area contributed by atoms with E-state index in [9.17, 15) is 0 Å². The number of nitrogens with one attached hydrogen (secondary N) is 1. The van der Waals surface area contributed by atoms with E-state index in [1.54, 1.807) is 0 Å². The molecule has 0 amide bonds. The summed E-state index contributed by atoms with van der Waals surface area (Å²) in [6, 6.07) is 0. The second-order valence-corrected chi connectivity index (χ2v) is 5.69. The minimum atomic E-state index is 0.391. The molecule has 0 aromatic carbocycles. The molecule has 2 nitrogen and oxygen atoms in total. The first kappa shape index (κ1) is 11.4. The highest BCUT2D eigenvalue weighted by Gasteiger charge is 2.46. The van der Waals surface area contributed by atoms with E-state index >= 15 is 0 Å². The zero-order valence-corrected chi connectivity index (χ0v) is 10.6. The lowest BCUT2D eigenvalue weighted by Gasteiger charge is -2.38. The minimum Gasteiger partial charge on any atom is -0.310 e. The van der Waals surface area contributed by atoms with Crippen molar-refractivity contribution in [2.45, 2.75) is 64.0 Å². The monoisotopic (exact) mass is 210 g/mol. The van der Waals surface area contributed by atoms with Crippen molar-refractivity contribution in [3.8, 4) is 0 Å². The summed E-state index contributed by atoms with van der Waals surface area (Å²) in [5.41, 5.74) is 0.948. The minimum absolute atomic E-state index is 0.391. The Morgan fingerprint density at radius 2 is 1.87 bits per heavy atom. The highest BCUT2D eigenvalue weighted by Crippen LogP contribution is 2.42. The zero-order chi connectivity index (χ0) is 10.9. The quantitative estimate of drug-likeness (QED) is 0.769. The van der Waals surface area contributed by atoms with Crippen molar-refractivity contribution in [2.24, 2.45) is 0 Å². The van der Waals surface area contributed by atoms with Crippen molar-refractivity contribution < 1.29 is 0 Å². The third kappa shape index (κ3) is 2.21. The van der Waals surface area contributed by atoms with Crippen LogP contribution in [0.5, 0.6) is 0 Å². The number of hydrogen-bond acceptors (Lipinski definition) is 2. The predicted octanol–water partition coefficient (Wildman–Crippen LogP) is 2.39. The molecular weight excluding hydrogens is 184 g/mol. The normalized spacial score (nSPS) is 29.8. The Morgan fingerprint density at radius 3 is 2.40 bits per heavy atom. The topological polar surface area (TPSA) is 15.3 Å². The Balaban J connectivity index is 2.07. The molecule has 2 heteroatoms. The number of nitrogens with zero attached hydrogens (tertiary/aromatic N) is 1. The molecule has 15 heavy (non-hydrogen) atoms. The fourth-order valence-electron chi connectivity index (χ4n) is 2.81. The maximum absolute atomic E-state index is 3.78. The number of rotatable bonds is 3. The fraction of sp³-hybridized carbons (Fsp3) is 1.00. The Morgan fingerprint density at radius 1 is 1.20 bits per heavy atom. The van der Waals surface area contributed by atoms with Gasteiger partial charge in [0.15, 0.2) is 0 Å². The molecule has 0 unspecified atom stereocenters. The summed E-state index contributed by atoms with van der Waals surface area (Å²) in [6.45, 7) is 10.9. The van der Waals surface area contributed by atoms with Crippen LogP contribution in [0.15, 0.2) is 0 Å². The van der Waals surface area contributed by atoms with Crippen LogP contribution in [0, 0.1) is 0 Å². The average Bonchev–Trinajstić information content (AvgIpc) is 3.02. The average molecular weight is 210 g/mol. The highest BCUT2D eigenvalue weighted by molar-refractivity contribution is 5.04. The van der Waals surface area contributed by atoms with E-state index in [0.29, 0.717) is 11.1 Å². The van der Waals surface area contributed by atoms with Gasteiger partial charge in [-0.25, -0.2) is 0 Å². The van der Waals surface area contributed by atoms with E-state index in [4.69, 9.17) is 0 Å². The van der Waals surface area contributed by atoms with Crippen LogP contribution in [-0.2, 0) is 0 Å². The largest absolute Gasteiger partial charge is 0.310 e. The van der Waals surface area contributed by atoms with Gasteiger partial charge in [0.1, 0.15) is 0 Å². The predicted molar refractivity (Wildman–Crippen MR) is 65.1 cm³/mol. The van der Waals surface area contributed by atoms with Gasteiger partial charge in [0.05, 0.1) is 0 Å². The molecule has 2 aliphatic rings. The molecule has 1 saturated carbocycles. The van der Waals surface area contributed by atoms with Crippen LogP contribution in [0.25, 0.3) is 0 Å². The molecule has 0 aromatic rings. The van der Waals surface area contributed by atoms with E-state index in [2.05, 4.69) is 31.0 Å². The highest BCUT2D eigenvalue weighted by atomic mass is 15.3. The molecule has 0 spiro atoms. The summed E-state index contributed by atoms with van der Waals surface area (Å²) in [6.07, 6.45) is 6.66. The SMILES string of the molecule is CCC1(CC)CN(C2(C)CC2)CCCN1. The molecule has 0 radical (unpaired) electrons. The summed E-state index contributed by atoms with van der Waals surface area (Å²) in [7, 11) is 0. The van der Waals surface area contributed by atoms with Crippen LogP contribution in [0.4, 0.5) is 0 Å². The van der Waals surface area contributed by atoms with Gasteiger partial charge in [-0.3, -0.25) is 4.90 Å². The van der Waals surface area contributed by atoms with Gasteiger partial charge in [-0.1, -0.05) is 13.8 Å². The van der Waals surface area contributed by atoms with Gasteiger partial charge in [-0.05, 0) is 52.1 Å². The van der Waals surface area contributed by atoms with Gasteiger partial charge in [0, 0.05) is 17.6 Å². The van der Waals surface area contributed by atoms with E-state index in [-0.39, 0.29) is 0 Å². The third-order valence-corrected chi connectivity index (χ3v) is 4.69. The molecule has 0 bridgehead atoms. The molecule has 1 aliphatic carbocycles. The summed E-state index contributed by atoms with van der Waals surface area (Å²) in [4.78, 5) is 2.75. The van der Waals surface area contributed by atoms with Crippen LogP contribution in [0.2, 0.25) is 0 Å². The van der Waals surface area contributed by atoms with Gasteiger partial charge in [-0.2, -0.15) is 0 Å². The molecule has 0 atom stereocenters. The first-order valence-corrected chi connectivity index (χ1v) is 6.64. The Labute approximate surface area is 94.4 Å². The van der Waals surface area contributed by atoms with Crippen molar-refractivity contribution in [3.05, 3.63) is 0 Å². The van der Waals surface area contributed by atoms with Crippen molar-refractivity contribution in [1.82, 2.24) is 10.2 Å². The summed E-state index contributed by atoms with van der Waals surface area (Å²) < 4.78 is 0. The van der Waals surface area contributed by atoms with Crippen molar-refractivity contribution in [1.29, 1.82) is 0 Å². The lowest BCUT2D eigenvalue weighted by molar-refractivity contribution is 0.143. The second kappa shape index (κ2) is 4.06. The smallest absolute Gasteiger partial charge is 0.0303 e. The second-order valence-electron chi connectivity index (χ2n) is 5.69. The van der Waals surface area contributed by atoms with Crippen molar-refractivity contribution in [3.63, 3.8) is 0 Å². The maximum Gasteiger partial charge on any atom is 0.0303 e. The summed E-state index contributed by atoms with van der Waals surface area (Å²) in [5.74, 6) is 0. The lowest BCUT2D eigenvalue weighted by atomic mass is 9.92. The number of hydrogen-bond donors (Lipinski definition) is 1. The Hall–Kier alpha value is -0.0800. The van der Waals surface area contributed by atoms with E-state index < -0.39 is 0 Å². The molecule has 1 N–H and O–H groups in total. The van der Waals surface area contributed by atoms with E-state index in [1.165, 1.54) is 51.7 Å². The zero-order valence-electron chi connectivity index (χ0n) is 10.6. The molecule has 2 fully saturated rings. The van der Waals surface area contributed by atoms with Crippen LogP contribution in [-0.4, -0.2) is 35.6 Å². The summed E-state index contributed by atoms with van der Waals surface area (Å²) >= 11 is 0. The molecule has 0 aromatic heterocycles. The standard InChI is InChI=1S/C13H26N2/c1-4-13(5-2)11-15(10-6-9-14-13)12(3)7-8-12/h14H,4-11H2,1-3H3. The van der Waals surface area contributed by atoms with Crippen LogP contribution in [0.3, 0.4) is 0 Å². The van der Waals surface area contributed by atoms with Gasteiger partial charge < -0.3 is 5.32 Å². The Kier molecular flexibility index (Phi) is 3.09. The Bertz CT molecular complexity index is 217. The van der Waals surface area contributed by atoms with Gasteiger partial charge >= 0.3 is 0 Å². The molecular formula is C13H26N2. The molecule has 1 saturated heterocycles. The molecule has 1 heterocycles. The van der Waals surface area contributed by atoms with Gasteiger partial charge in [-0.15, -0.1) is 0 Å². The van der Waals surface area contributed by atoms with Crippen LogP contribution in [0.1, 0.15) is 52.9 Å². The van der Waals surface area contributed by atoms with Gasteiger partial charge in [0.2, 0.25) is 0 Å². The van der Waals surface area contributed by atoms with Crippen LogP contribution >= 0.6 is 0 Å². The van der Waals surface area contributed by atoms with Gasteiger partial charge in [0.25, 0.3) is 0 Å². The van der Waals surface area contributed by atoms with E-state index in [0.717, 1.165) is 0 Å². The lowest BCUT2D eigenvalue weighted by Crippen LogP contribution is -2.52. The fourth-order valence-corrected chi connectivity index (χ4v) is 2.81. The molecule has 2 rings (SSSR count). The van der Waals surface area contributed by atoms with Crippen LogP contribution < -0.4 is 5.32 Å². The molecule has 88 valence electrons. The van der Waals surface area contributed by atoms with Crippen molar-refractivity contribution in [2.75, 3.05) is 19.6 Å². The third-order valence-electron chi connectivity index (χ3n) is 4.69. The first-order valence-electron chi connectivity index (χ1n) is 6.64. The van der Waals surface area contributed by atoms with Crippen molar-refractivity contribution >= 4 is 0 Å². The summed E-state index contributed by atoms with van der Waals surface area (Å²) in [5, 5.41) is 3.78.